The summed E-state index contributed by atoms with van der Waals surface area (Å²) >= 11 is 12.8. The third-order valence-corrected chi connectivity index (χ3v) is 7.63. The summed E-state index contributed by atoms with van der Waals surface area (Å²) in [7, 11) is 1.67. The van der Waals surface area contributed by atoms with Gasteiger partial charge in [-0.25, -0.2) is 0 Å². The van der Waals surface area contributed by atoms with Crippen LogP contribution < -0.4 is 4.74 Å². The molecule has 0 saturated carbocycles. The van der Waals surface area contributed by atoms with Crippen molar-refractivity contribution in [2.24, 2.45) is 0 Å². The van der Waals surface area contributed by atoms with Crippen molar-refractivity contribution in [1.82, 2.24) is 4.90 Å². The van der Waals surface area contributed by atoms with E-state index in [9.17, 15) is 5.11 Å². The molecule has 3 aromatic carbocycles. The maximum absolute atomic E-state index is 11.7. The van der Waals surface area contributed by atoms with E-state index in [0.29, 0.717) is 22.3 Å². The largest absolute Gasteiger partial charge is 0.496 e. The van der Waals surface area contributed by atoms with Crippen molar-refractivity contribution < 1.29 is 9.84 Å². The first-order valence-corrected chi connectivity index (χ1v) is 14.5. The maximum atomic E-state index is 11.7. The third-order valence-electron chi connectivity index (χ3n) is 7.16. The summed E-state index contributed by atoms with van der Waals surface area (Å²) in [6.45, 7) is 7.09. The van der Waals surface area contributed by atoms with Crippen LogP contribution in [0.5, 0.6) is 5.75 Å². The van der Waals surface area contributed by atoms with Crippen LogP contribution in [-0.2, 0) is 0 Å². The number of unbranched alkanes of at least 4 members (excludes halogenated alkanes) is 8. The summed E-state index contributed by atoms with van der Waals surface area (Å²) in [5.41, 5.74) is 0.798. The average molecular weight is 569 g/mol. The van der Waals surface area contributed by atoms with Gasteiger partial charge in [0.1, 0.15) is 5.75 Å². The maximum Gasteiger partial charge on any atom is 0.133 e. The number of aliphatic hydroxyl groups excluding tert-OH is 1. The minimum Gasteiger partial charge on any atom is -0.496 e. The van der Waals surface area contributed by atoms with Crippen LogP contribution in [0.2, 0.25) is 10.0 Å². The predicted molar refractivity (Wildman–Crippen MR) is 164 cm³/mol. The second-order valence-electron chi connectivity index (χ2n) is 9.97. The lowest BCUT2D eigenvalue weighted by Gasteiger charge is -2.27. The van der Waals surface area contributed by atoms with Crippen LogP contribution in [0.4, 0.5) is 0 Å². The number of halogens is 3. The van der Waals surface area contributed by atoms with E-state index in [-0.39, 0.29) is 12.4 Å². The molecule has 37 heavy (non-hydrogen) atoms. The molecule has 0 saturated heterocycles. The van der Waals surface area contributed by atoms with Crippen molar-refractivity contribution in [2.45, 2.75) is 84.2 Å². The van der Waals surface area contributed by atoms with Crippen molar-refractivity contribution >= 4 is 57.2 Å². The normalized spacial score (nSPS) is 12.3. The number of nitrogens with zero attached hydrogens (tertiary/aromatic N) is 1. The molecule has 3 rings (SSSR count). The zero-order valence-corrected chi connectivity index (χ0v) is 25.0. The Bertz CT molecular complexity index is 1090. The first-order chi connectivity index (χ1) is 17.5. The number of fused-ring (bicyclic) bond motifs is 3. The van der Waals surface area contributed by atoms with Crippen LogP contribution in [0.25, 0.3) is 21.5 Å². The van der Waals surface area contributed by atoms with Crippen LogP contribution in [-0.4, -0.2) is 36.8 Å². The van der Waals surface area contributed by atoms with Crippen LogP contribution in [0.1, 0.15) is 89.7 Å². The molecule has 0 aliphatic carbocycles. The van der Waals surface area contributed by atoms with Crippen molar-refractivity contribution in [1.29, 1.82) is 0 Å². The summed E-state index contributed by atoms with van der Waals surface area (Å²) in [5, 5.41) is 16.9. The van der Waals surface area contributed by atoms with Gasteiger partial charge in [0, 0.05) is 27.5 Å². The van der Waals surface area contributed by atoms with E-state index in [4.69, 9.17) is 27.9 Å². The van der Waals surface area contributed by atoms with Gasteiger partial charge >= 0.3 is 0 Å². The molecule has 0 spiro atoms. The van der Waals surface area contributed by atoms with Crippen LogP contribution >= 0.6 is 35.6 Å². The monoisotopic (exact) mass is 567 g/mol. The molecule has 0 radical (unpaired) electrons. The first-order valence-electron chi connectivity index (χ1n) is 13.8. The summed E-state index contributed by atoms with van der Waals surface area (Å²) in [5.74, 6) is 0.681. The standard InChI is InChI=1S/C31H43Cl2NO2.ClH/c1-4-6-8-10-12-18-34(19-13-11-9-7-5-2)22-29(35)30-27-20-23(32)14-16-25(27)26-17-15-24(33)21-28(26)31(30)36-3;/h14-17,20-21,29,35H,4-13,18-19,22H2,1-3H3;1H. The zero-order valence-electron chi connectivity index (χ0n) is 22.7. The highest BCUT2D eigenvalue weighted by molar-refractivity contribution is 6.33. The summed E-state index contributed by atoms with van der Waals surface area (Å²) < 4.78 is 5.93. The molecule has 6 heteroatoms. The second kappa shape index (κ2) is 16.7. The molecule has 0 fully saturated rings. The molecular formula is C31H44Cl3NO2. The molecule has 206 valence electrons. The molecule has 0 aromatic heterocycles. The van der Waals surface area contributed by atoms with Gasteiger partial charge in [-0.15, -0.1) is 12.4 Å². The number of aliphatic hydroxyl groups is 1. The Kier molecular flexibility index (Phi) is 14.4. The molecular weight excluding hydrogens is 525 g/mol. The Morgan fingerprint density at radius 3 is 1.73 bits per heavy atom. The average Bonchev–Trinajstić information content (AvgIpc) is 2.87. The predicted octanol–water partition coefficient (Wildman–Crippen LogP) is 10.0. The van der Waals surface area contributed by atoms with Gasteiger partial charge in [0.25, 0.3) is 0 Å². The highest BCUT2D eigenvalue weighted by Crippen LogP contribution is 2.43. The van der Waals surface area contributed by atoms with Crippen molar-refractivity contribution in [3.63, 3.8) is 0 Å². The van der Waals surface area contributed by atoms with E-state index < -0.39 is 6.10 Å². The summed E-state index contributed by atoms with van der Waals surface area (Å²) in [6, 6.07) is 11.7. The van der Waals surface area contributed by atoms with Gasteiger partial charge < -0.3 is 14.7 Å². The molecule has 0 amide bonds. The molecule has 3 nitrogen and oxygen atoms in total. The molecule has 0 aliphatic heterocycles. The van der Waals surface area contributed by atoms with E-state index in [1.165, 1.54) is 64.2 Å². The van der Waals surface area contributed by atoms with E-state index in [1.807, 2.05) is 36.4 Å². The van der Waals surface area contributed by atoms with Gasteiger partial charge in [0.15, 0.2) is 0 Å². The molecule has 1 N–H and O–H groups in total. The Balaban J connectivity index is 0.00000481. The van der Waals surface area contributed by atoms with Crippen molar-refractivity contribution in [3.8, 4) is 5.75 Å². The van der Waals surface area contributed by atoms with Gasteiger partial charge in [-0.3, -0.25) is 0 Å². The Morgan fingerprint density at radius 1 is 0.730 bits per heavy atom. The molecule has 1 unspecified atom stereocenters. The Morgan fingerprint density at radius 2 is 1.22 bits per heavy atom. The quantitative estimate of drug-likeness (QED) is 0.138. The highest BCUT2D eigenvalue weighted by atomic mass is 35.5. The second-order valence-corrected chi connectivity index (χ2v) is 10.8. The van der Waals surface area contributed by atoms with Crippen molar-refractivity contribution in [3.05, 3.63) is 52.0 Å². The topological polar surface area (TPSA) is 32.7 Å². The number of benzene rings is 3. The lowest BCUT2D eigenvalue weighted by atomic mass is 9.92. The fourth-order valence-corrected chi connectivity index (χ4v) is 5.58. The third kappa shape index (κ3) is 8.90. The van der Waals surface area contributed by atoms with E-state index in [2.05, 4.69) is 18.7 Å². The number of hydrogen-bond donors (Lipinski definition) is 1. The summed E-state index contributed by atoms with van der Waals surface area (Å²) in [4.78, 5) is 2.44. The van der Waals surface area contributed by atoms with Crippen molar-refractivity contribution in [2.75, 3.05) is 26.7 Å². The fourth-order valence-electron chi connectivity index (χ4n) is 5.24. The SMILES string of the molecule is CCCCCCCN(CCCCCCC)CC(O)c1c(OC)c2cc(Cl)ccc2c2ccc(Cl)cc12.Cl. The molecule has 3 aromatic rings. The van der Waals surface area contributed by atoms with Gasteiger partial charge in [-0.1, -0.05) is 101 Å². The first kappa shape index (κ1) is 32.0. The highest BCUT2D eigenvalue weighted by Gasteiger charge is 2.23. The van der Waals surface area contributed by atoms with Crippen LogP contribution in [0.15, 0.2) is 36.4 Å². The minimum absolute atomic E-state index is 0. The van der Waals surface area contributed by atoms with Gasteiger partial charge in [-0.05, 0) is 66.4 Å². The Hall–Kier alpha value is -1.23. The van der Waals surface area contributed by atoms with Gasteiger partial charge in [-0.2, -0.15) is 0 Å². The fraction of sp³-hybridized carbons (Fsp3) is 0.548. The number of rotatable bonds is 16. The lowest BCUT2D eigenvalue weighted by Crippen LogP contribution is -2.31. The molecule has 0 aliphatic rings. The Labute approximate surface area is 239 Å². The number of methoxy groups -OCH3 is 1. The van der Waals surface area contributed by atoms with E-state index in [1.54, 1.807) is 7.11 Å². The van der Waals surface area contributed by atoms with E-state index in [0.717, 1.165) is 40.2 Å². The summed E-state index contributed by atoms with van der Waals surface area (Å²) in [6.07, 6.45) is 11.8. The van der Waals surface area contributed by atoms with Crippen LogP contribution in [0.3, 0.4) is 0 Å². The van der Waals surface area contributed by atoms with Gasteiger partial charge in [0.2, 0.25) is 0 Å². The smallest absolute Gasteiger partial charge is 0.133 e. The zero-order chi connectivity index (χ0) is 25.9. The molecule has 1 atom stereocenters. The minimum atomic E-state index is -0.699. The van der Waals surface area contributed by atoms with Crippen LogP contribution in [0, 0.1) is 0 Å². The number of hydrogen-bond acceptors (Lipinski definition) is 3. The number of ether oxygens (including phenoxy) is 1. The lowest BCUT2D eigenvalue weighted by molar-refractivity contribution is 0.109. The van der Waals surface area contributed by atoms with E-state index >= 15 is 0 Å². The van der Waals surface area contributed by atoms with Gasteiger partial charge in [0.05, 0.1) is 13.2 Å². The molecule has 0 heterocycles. The molecule has 0 bridgehead atoms.